The van der Waals surface area contributed by atoms with Gasteiger partial charge in [-0.3, -0.25) is 4.79 Å². The maximum atomic E-state index is 9.76. The quantitative estimate of drug-likeness (QED) is 0.653. The van der Waals surface area contributed by atoms with E-state index in [0.717, 1.165) is 12.8 Å². The number of hydrogen-bond donors (Lipinski definition) is 1. The molecule has 0 atom stereocenters. The van der Waals surface area contributed by atoms with Crippen LogP contribution >= 0.6 is 0 Å². The van der Waals surface area contributed by atoms with Crippen LogP contribution < -0.4 is 0 Å². The molecule has 0 aromatic rings. The minimum atomic E-state index is -0.693. The Morgan fingerprint density at radius 2 is 1.64 bits per heavy atom. The molecular weight excluding hydrogens is 201 g/mol. The molecule has 2 nitrogen and oxygen atoms in total. The molecule has 0 spiro atoms. The minimum Gasteiger partial charge on any atom is -0.481 e. The van der Waals surface area contributed by atoms with Gasteiger partial charge in [0, 0.05) is 133 Å². The molecular formula is C5H10CaNa3O2. The number of carbonyl (C=O) groups is 1. The zero-order valence-electron chi connectivity index (χ0n) is 8.18. The number of rotatable bonds is 3. The van der Waals surface area contributed by atoms with Crippen molar-refractivity contribution in [3.8, 4) is 0 Å². The van der Waals surface area contributed by atoms with E-state index in [1.807, 2.05) is 6.92 Å². The molecule has 0 aliphatic heterocycles. The van der Waals surface area contributed by atoms with Crippen LogP contribution in [0.15, 0.2) is 0 Å². The fraction of sp³-hybridized carbons (Fsp3) is 0.800. The van der Waals surface area contributed by atoms with Crippen molar-refractivity contribution in [2.45, 2.75) is 26.2 Å². The average molecular weight is 211 g/mol. The number of carboxylic acids is 1. The topological polar surface area (TPSA) is 37.3 Å². The van der Waals surface area contributed by atoms with Crippen LogP contribution in [-0.2, 0) is 4.79 Å². The Morgan fingerprint density at radius 3 is 1.73 bits per heavy atom. The molecule has 0 amide bonds. The third kappa shape index (κ3) is 31.6. The van der Waals surface area contributed by atoms with Crippen LogP contribution in [0.2, 0.25) is 0 Å². The Kier molecular flexibility index (Phi) is 62.7. The molecule has 0 aliphatic carbocycles. The first-order chi connectivity index (χ1) is 3.27. The summed E-state index contributed by atoms with van der Waals surface area (Å²) < 4.78 is 0. The van der Waals surface area contributed by atoms with E-state index in [4.69, 9.17) is 5.11 Å². The normalized spacial score (nSPS) is 5.55. The summed E-state index contributed by atoms with van der Waals surface area (Å²) in [7, 11) is 0. The van der Waals surface area contributed by atoms with Gasteiger partial charge in [0.05, 0.1) is 0 Å². The second kappa shape index (κ2) is 23.5. The molecule has 11 heavy (non-hydrogen) atoms. The molecule has 0 aliphatic rings. The molecule has 0 fully saturated rings. The van der Waals surface area contributed by atoms with Crippen LogP contribution in [0.25, 0.3) is 0 Å². The van der Waals surface area contributed by atoms with Gasteiger partial charge in [-0.25, -0.2) is 0 Å². The third-order valence-electron chi connectivity index (χ3n) is 0.744. The molecule has 0 saturated carbocycles. The van der Waals surface area contributed by atoms with Gasteiger partial charge in [0.1, 0.15) is 0 Å². The molecule has 1 N–H and O–H groups in total. The van der Waals surface area contributed by atoms with E-state index in [9.17, 15) is 4.79 Å². The third-order valence-corrected chi connectivity index (χ3v) is 0.744. The largest absolute Gasteiger partial charge is 0.481 e. The number of unbranched alkanes of at least 4 members (excludes halogenated alkanes) is 1. The molecule has 0 heterocycles. The molecule has 47 valence electrons. The van der Waals surface area contributed by atoms with Crippen molar-refractivity contribution in [1.82, 2.24) is 0 Å². The zero-order chi connectivity index (χ0) is 5.70. The fourth-order valence-electron chi connectivity index (χ4n) is 0.328. The van der Waals surface area contributed by atoms with Gasteiger partial charge >= 0.3 is 5.97 Å². The summed E-state index contributed by atoms with van der Waals surface area (Å²) in [6, 6.07) is 0. The van der Waals surface area contributed by atoms with Crippen LogP contribution in [0.5, 0.6) is 0 Å². The zero-order valence-corrected chi connectivity index (χ0v) is 16.4. The Balaban J connectivity index is -0.0000000300. The van der Waals surface area contributed by atoms with Gasteiger partial charge in [-0.05, 0) is 6.42 Å². The van der Waals surface area contributed by atoms with Crippen LogP contribution in [-0.4, -0.2) is 137 Å². The monoisotopic (exact) mass is 211 g/mol. The Morgan fingerprint density at radius 1 is 1.27 bits per heavy atom. The van der Waals surface area contributed by atoms with E-state index in [0.29, 0.717) is 6.42 Å². The van der Waals surface area contributed by atoms with Gasteiger partial charge in [0.15, 0.2) is 0 Å². The van der Waals surface area contributed by atoms with Gasteiger partial charge in [-0.15, -0.1) is 0 Å². The van der Waals surface area contributed by atoms with E-state index in [1.165, 1.54) is 0 Å². The van der Waals surface area contributed by atoms with E-state index in [-0.39, 0.29) is 126 Å². The van der Waals surface area contributed by atoms with Crippen molar-refractivity contribution >= 4 is 132 Å². The van der Waals surface area contributed by atoms with Crippen molar-refractivity contribution in [2.24, 2.45) is 0 Å². The van der Waals surface area contributed by atoms with Gasteiger partial charge in [-0.2, -0.15) is 0 Å². The summed E-state index contributed by atoms with van der Waals surface area (Å²) in [6.07, 6.45) is 2.08. The molecule has 6 heteroatoms. The maximum Gasteiger partial charge on any atom is 0.303 e. The van der Waals surface area contributed by atoms with Crippen LogP contribution in [0, 0.1) is 0 Å². The minimum absolute atomic E-state index is 0. The summed E-state index contributed by atoms with van der Waals surface area (Å²) >= 11 is 0. The second-order valence-corrected chi connectivity index (χ2v) is 1.50. The number of carboxylic acid groups (broad SMARTS) is 1. The molecule has 0 saturated heterocycles. The summed E-state index contributed by atoms with van der Waals surface area (Å²) in [5, 5.41) is 8.04. The van der Waals surface area contributed by atoms with Gasteiger partial charge < -0.3 is 5.11 Å². The Hall–Kier alpha value is 3.73. The molecule has 0 rings (SSSR count). The van der Waals surface area contributed by atoms with Crippen LogP contribution in [0.3, 0.4) is 0 Å². The number of hydrogen-bond acceptors (Lipinski definition) is 1. The van der Waals surface area contributed by atoms with Crippen molar-refractivity contribution in [1.29, 1.82) is 0 Å². The summed E-state index contributed by atoms with van der Waals surface area (Å²) in [4.78, 5) is 9.76. The van der Waals surface area contributed by atoms with E-state index in [1.54, 1.807) is 0 Å². The van der Waals surface area contributed by atoms with Crippen molar-refractivity contribution in [2.75, 3.05) is 0 Å². The second-order valence-electron chi connectivity index (χ2n) is 1.50. The predicted octanol–water partition coefficient (Wildman–Crippen LogP) is -0.262. The smallest absolute Gasteiger partial charge is 0.303 e. The maximum absolute atomic E-state index is 9.76. The van der Waals surface area contributed by atoms with Gasteiger partial charge in [-0.1, -0.05) is 13.3 Å². The van der Waals surface area contributed by atoms with Crippen LogP contribution in [0.1, 0.15) is 26.2 Å². The number of aliphatic carboxylic acids is 1. The van der Waals surface area contributed by atoms with Gasteiger partial charge in [0.25, 0.3) is 0 Å². The standard InChI is InChI=1S/C5H10O2.Ca.3Na/c1-2-3-4-5(6)7;;;;/h2-4H2,1H3,(H,6,7);;;;. The van der Waals surface area contributed by atoms with Gasteiger partial charge in [0.2, 0.25) is 0 Å². The van der Waals surface area contributed by atoms with E-state index >= 15 is 0 Å². The molecule has 0 aromatic heterocycles. The Labute approximate surface area is 165 Å². The molecule has 0 unspecified atom stereocenters. The van der Waals surface area contributed by atoms with Crippen LogP contribution in [0.4, 0.5) is 0 Å². The van der Waals surface area contributed by atoms with Crippen molar-refractivity contribution in [3.05, 3.63) is 0 Å². The summed E-state index contributed by atoms with van der Waals surface area (Å²) in [6.45, 7) is 1.98. The molecule has 0 bridgehead atoms. The van der Waals surface area contributed by atoms with Crippen molar-refractivity contribution in [3.63, 3.8) is 0 Å². The first kappa shape index (κ1) is 29.3. The SMILES string of the molecule is CCCCC(=O)O.[Ca].[Na].[Na].[Na]. The van der Waals surface area contributed by atoms with E-state index < -0.39 is 5.97 Å². The fourth-order valence-corrected chi connectivity index (χ4v) is 0.328. The van der Waals surface area contributed by atoms with E-state index in [2.05, 4.69) is 0 Å². The average Bonchev–Trinajstić information content (AvgIpc) is 1.61. The molecule has 0 aromatic carbocycles. The first-order valence-corrected chi connectivity index (χ1v) is 2.49. The van der Waals surface area contributed by atoms with Crippen molar-refractivity contribution < 1.29 is 9.90 Å². The Bertz CT molecular complexity index is 72.7. The summed E-state index contributed by atoms with van der Waals surface area (Å²) in [5.41, 5.74) is 0. The summed E-state index contributed by atoms with van der Waals surface area (Å²) in [5.74, 6) is -0.693. The first-order valence-electron chi connectivity index (χ1n) is 2.49. The molecule has 5 radical (unpaired) electrons. The predicted molar refractivity (Wildman–Crippen MR) is 50.2 cm³/mol.